The van der Waals surface area contributed by atoms with Crippen LogP contribution in [0.15, 0.2) is 0 Å². The summed E-state index contributed by atoms with van der Waals surface area (Å²) in [5.41, 5.74) is -0.540. The van der Waals surface area contributed by atoms with Crippen molar-refractivity contribution in [2.45, 2.75) is 70.6 Å². The zero-order chi connectivity index (χ0) is 14.2. The maximum Gasteiger partial charge on any atom is 0.410 e. The molecule has 2 aliphatic rings. The highest BCUT2D eigenvalue weighted by molar-refractivity contribution is 5.74. The molecule has 0 aromatic rings. The summed E-state index contributed by atoms with van der Waals surface area (Å²) in [7, 11) is 0. The van der Waals surface area contributed by atoms with E-state index in [4.69, 9.17) is 4.74 Å². The smallest absolute Gasteiger partial charge is 0.410 e. The summed E-state index contributed by atoms with van der Waals surface area (Å²) in [4.78, 5) is 25.3. The van der Waals surface area contributed by atoms with Crippen molar-refractivity contribution < 1.29 is 19.4 Å². The van der Waals surface area contributed by atoms with Gasteiger partial charge in [-0.3, -0.25) is 4.79 Å². The Morgan fingerprint density at radius 2 is 1.84 bits per heavy atom. The van der Waals surface area contributed by atoms with Gasteiger partial charge in [0.2, 0.25) is 0 Å². The molecule has 108 valence electrons. The topological polar surface area (TPSA) is 66.8 Å². The number of piperidine rings is 2. The van der Waals surface area contributed by atoms with E-state index >= 15 is 0 Å². The van der Waals surface area contributed by atoms with Gasteiger partial charge in [0.05, 0.1) is 5.92 Å². The van der Waals surface area contributed by atoms with Crippen LogP contribution in [0.5, 0.6) is 0 Å². The third-order valence-electron chi connectivity index (χ3n) is 3.98. The highest BCUT2D eigenvalue weighted by Gasteiger charge is 2.46. The van der Waals surface area contributed by atoms with Crippen LogP contribution >= 0.6 is 0 Å². The van der Waals surface area contributed by atoms with E-state index < -0.39 is 17.5 Å². The third kappa shape index (κ3) is 3.01. The van der Waals surface area contributed by atoms with Gasteiger partial charge < -0.3 is 14.7 Å². The predicted octanol–water partition coefficient (Wildman–Crippen LogP) is 2.64. The van der Waals surface area contributed by atoms with Crippen molar-refractivity contribution in [3.8, 4) is 0 Å². The van der Waals surface area contributed by atoms with E-state index in [0.717, 1.165) is 25.7 Å². The van der Waals surface area contributed by atoms with E-state index in [1.807, 2.05) is 20.8 Å². The molecular formula is C14H23NO4. The van der Waals surface area contributed by atoms with Crippen molar-refractivity contribution in [1.29, 1.82) is 0 Å². The minimum atomic E-state index is -0.793. The second-order valence-electron chi connectivity index (χ2n) is 6.56. The lowest BCUT2D eigenvalue weighted by molar-refractivity contribution is -0.148. The highest BCUT2D eigenvalue weighted by Crippen LogP contribution is 2.38. The zero-order valence-electron chi connectivity index (χ0n) is 11.9. The number of carboxylic acids is 1. The number of hydrogen-bond donors (Lipinski definition) is 1. The summed E-state index contributed by atoms with van der Waals surface area (Å²) in [6.45, 7) is 5.50. The summed E-state index contributed by atoms with van der Waals surface area (Å²) in [5.74, 6) is -1.23. The second kappa shape index (κ2) is 5.02. The summed E-state index contributed by atoms with van der Waals surface area (Å²) in [5, 5.41) is 9.30. The highest BCUT2D eigenvalue weighted by atomic mass is 16.6. The van der Waals surface area contributed by atoms with E-state index in [1.165, 1.54) is 0 Å². The van der Waals surface area contributed by atoms with E-state index in [9.17, 15) is 14.7 Å². The van der Waals surface area contributed by atoms with Crippen molar-refractivity contribution >= 4 is 12.1 Å². The largest absolute Gasteiger partial charge is 0.481 e. The number of carbonyl (C=O) groups excluding carboxylic acids is 1. The van der Waals surface area contributed by atoms with Gasteiger partial charge in [0, 0.05) is 12.1 Å². The van der Waals surface area contributed by atoms with Crippen LogP contribution in [-0.2, 0) is 9.53 Å². The van der Waals surface area contributed by atoms with Crippen molar-refractivity contribution in [2.75, 3.05) is 0 Å². The first kappa shape index (κ1) is 14.2. The molecule has 0 radical (unpaired) electrons. The molecule has 0 aliphatic carbocycles. The Bertz CT molecular complexity index is 374. The predicted molar refractivity (Wildman–Crippen MR) is 69.9 cm³/mol. The molecule has 0 saturated carbocycles. The first-order valence-corrected chi connectivity index (χ1v) is 7.04. The molecule has 0 aromatic heterocycles. The Hall–Kier alpha value is -1.26. The molecule has 19 heavy (non-hydrogen) atoms. The molecule has 2 rings (SSSR count). The van der Waals surface area contributed by atoms with Crippen LogP contribution in [0.2, 0.25) is 0 Å². The number of rotatable bonds is 1. The summed E-state index contributed by atoms with van der Waals surface area (Å²) < 4.78 is 5.44. The van der Waals surface area contributed by atoms with E-state index in [2.05, 4.69) is 0 Å². The molecule has 3 unspecified atom stereocenters. The Morgan fingerprint density at radius 3 is 2.42 bits per heavy atom. The molecule has 2 fully saturated rings. The van der Waals surface area contributed by atoms with Gasteiger partial charge in [-0.05, 0) is 52.9 Å². The van der Waals surface area contributed by atoms with Gasteiger partial charge in [0.25, 0.3) is 0 Å². The standard InChI is InChI=1S/C14H23NO4/c1-14(2,3)19-13(18)15-9-5-4-6-11(15)10(8-7-9)12(16)17/h9-11H,4-8H2,1-3H3,(H,16,17). The fourth-order valence-corrected chi connectivity index (χ4v) is 3.24. The molecule has 2 saturated heterocycles. The van der Waals surface area contributed by atoms with E-state index in [-0.39, 0.29) is 18.2 Å². The molecule has 3 atom stereocenters. The van der Waals surface area contributed by atoms with E-state index in [0.29, 0.717) is 6.42 Å². The van der Waals surface area contributed by atoms with Gasteiger partial charge in [-0.1, -0.05) is 0 Å². The van der Waals surface area contributed by atoms with Gasteiger partial charge in [0.15, 0.2) is 0 Å². The van der Waals surface area contributed by atoms with Crippen LogP contribution in [0.3, 0.4) is 0 Å². The number of aliphatic carboxylic acids is 1. The number of fused-ring (bicyclic) bond motifs is 2. The Balaban J connectivity index is 2.17. The second-order valence-corrected chi connectivity index (χ2v) is 6.56. The van der Waals surface area contributed by atoms with Crippen molar-refractivity contribution in [3.63, 3.8) is 0 Å². The van der Waals surface area contributed by atoms with Gasteiger partial charge in [-0.15, -0.1) is 0 Å². The van der Waals surface area contributed by atoms with Gasteiger partial charge in [0.1, 0.15) is 5.60 Å². The molecule has 0 aromatic carbocycles. The number of carboxylic acid groups (broad SMARTS) is 1. The quantitative estimate of drug-likeness (QED) is 0.794. The summed E-state index contributed by atoms with van der Waals surface area (Å²) in [6, 6.07) is -0.0379. The SMILES string of the molecule is CC(C)(C)OC(=O)N1C2CCCC1C(C(=O)O)CC2. The van der Waals surface area contributed by atoms with Crippen molar-refractivity contribution in [1.82, 2.24) is 4.90 Å². The molecule has 5 heteroatoms. The Morgan fingerprint density at radius 1 is 1.16 bits per heavy atom. The van der Waals surface area contributed by atoms with Crippen LogP contribution < -0.4 is 0 Å². The van der Waals surface area contributed by atoms with Crippen LogP contribution in [0.1, 0.15) is 52.9 Å². The fourth-order valence-electron chi connectivity index (χ4n) is 3.24. The maximum absolute atomic E-state index is 12.3. The summed E-state index contributed by atoms with van der Waals surface area (Å²) >= 11 is 0. The van der Waals surface area contributed by atoms with Crippen LogP contribution in [-0.4, -0.2) is 39.8 Å². The molecule has 5 nitrogen and oxygen atoms in total. The first-order chi connectivity index (χ1) is 8.79. The lowest BCUT2D eigenvalue weighted by atomic mass is 9.78. The molecule has 1 amide bonds. The van der Waals surface area contributed by atoms with Crippen molar-refractivity contribution in [3.05, 3.63) is 0 Å². The number of ether oxygens (including phenoxy) is 1. The molecular weight excluding hydrogens is 246 g/mol. The zero-order valence-corrected chi connectivity index (χ0v) is 11.9. The van der Waals surface area contributed by atoms with E-state index in [1.54, 1.807) is 4.90 Å². The monoisotopic (exact) mass is 269 g/mol. The first-order valence-electron chi connectivity index (χ1n) is 7.04. The number of hydrogen-bond acceptors (Lipinski definition) is 3. The number of nitrogens with zero attached hydrogens (tertiary/aromatic N) is 1. The summed E-state index contributed by atoms with van der Waals surface area (Å²) in [6.07, 6.45) is 3.82. The average Bonchev–Trinajstić information content (AvgIpc) is 2.25. The van der Waals surface area contributed by atoms with Crippen LogP contribution in [0.4, 0.5) is 4.79 Å². The number of amides is 1. The normalized spacial score (nSPS) is 30.9. The molecule has 2 bridgehead atoms. The number of carbonyl (C=O) groups is 2. The third-order valence-corrected chi connectivity index (χ3v) is 3.98. The van der Waals surface area contributed by atoms with Crippen molar-refractivity contribution in [2.24, 2.45) is 5.92 Å². The minimum Gasteiger partial charge on any atom is -0.481 e. The fraction of sp³-hybridized carbons (Fsp3) is 0.857. The van der Waals surface area contributed by atoms with Gasteiger partial charge >= 0.3 is 12.1 Å². The van der Waals surface area contributed by atoms with Crippen LogP contribution in [0, 0.1) is 5.92 Å². The molecule has 2 heterocycles. The molecule has 0 spiro atoms. The molecule has 1 N–H and O–H groups in total. The Kier molecular flexibility index (Phi) is 3.74. The average molecular weight is 269 g/mol. The molecule has 2 aliphatic heterocycles. The lowest BCUT2D eigenvalue weighted by Gasteiger charge is -2.48. The van der Waals surface area contributed by atoms with Gasteiger partial charge in [-0.25, -0.2) is 4.79 Å². The van der Waals surface area contributed by atoms with Gasteiger partial charge in [-0.2, -0.15) is 0 Å². The lowest BCUT2D eigenvalue weighted by Crippen LogP contribution is -2.58. The Labute approximate surface area is 113 Å². The maximum atomic E-state index is 12.3. The van der Waals surface area contributed by atoms with Crippen LogP contribution in [0.25, 0.3) is 0 Å². The minimum absolute atomic E-state index is 0.157.